The maximum Gasteiger partial charge on any atom is 0.416 e. The summed E-state index contributed by atoms with van der Waals surface area (Å²) in [4.78, 5) is 0. The summed E-state index contributed by atoms with van der Waals surface area (Å²) in [6.45, 7) is 0. The second kappa shape index (κ2) is 5.52. The van der Waals surface area contributed by atoms with Crippen LogP contribution in [0, 0.1) is 23.0 Å². The summed E-state index contributed by atoms with van der Waals surface area (Å²) in [5, 5.41) is 9.14. The molecular formula is C15H8F5N. The number of hydrogen-bond acceptors (Lipinski definition) is 1. The molecule has 0 aliphatic carbocycles. The Balaban J connectivity index is 2.51. The first-order valence-electron chi connectivity index (χ1n) is 5.84. The Morgan fingerprint density at radius 1 is 0.857 bits per heavy atom. The zero-order valence-electron chi connectivity index (χ0n) is 10.5. The predicted octanol–water partition coefficient (Wildman–Crippen LogP) is 4.64. The summed E-state index contributed by atoms with van der Waals surface area (Å²) < 4.78 is 64.2. The van der Waals surface area contributed by atoms with Gasteiger partial charge in [-0.2, -0.15) is 18.4 Å². The number of nitriles is 1. The van der Waals surface area contributed by atoms with Crippen molar-refractivity contribution in [2.45, 2.75) is 12.1 Å². The van der Waals surface area contributed by atoms with Gasteiger partial charge in [0.1, 0.15) is 11.6 Å². The van der Waals surface area contributed by atoms with E-state index in [1.54, 1.807) is 6.07 Å². The number of alkyl halides is 3. The largest absolute Gasteiger partial charge is 0.416 e. The Labute approximate surface area is 117 Å². The summed E-state index contributed by atoms with van der Waals surface area (Å²) in [5.41, 5.74) is -1.01. The van der Waals surface area contributed by atoms with Crippen LogP contribution in [-0.2, 0) is 6.18 Å². The minimum absolute atomic E-state index is 0.128. The Morgan fingerprint density at radius 2 is 1.48 bits per heavy atom. The Bertz CT molecular complexity index is 683. The number of halogens is 5. The normalized spacial score (nSPS) is 12.8. The van der Waals surface area contributed by atoms with E-state index in [2.05, 4.69) is 0 Å². The molecule has 21 heavy (non-hydrogen) atoms. The second-order valence-corrected chi connectivity index (χ2v) is 4.38. The van der Waals surface area contributed by atoms with Gasteiger partial charge in [0.15, 0.2) is 0 Å². The van der Waals surface area contributed by atoms with Gasteiger partial charge >= 0.3 is 6.18 Å². The molecule has 0 aromatic heterocycles. The predicted molar refractivity (Wildman–Crippen MR) is 65.3 cm³/mol. The van der Waals surface area contributed by atoms with Gasteiger partial charge in [-0.05, 0) is 41.5 Å². The molecule has 0 aliphatic rings. The highest BCUT2D eigenvalue weighted by Gasteiger charge is 2.32. The van der Waals surface area contributed by atoms with Crippen LogP contribution in [-0.4, -0.2) is 0 Å². The highest BCUT2D eigenvalue weighted by molar-refractivity contribution is 5.40. The van der Waals surface area contributed by atoms with Gasteiger partial charge < -0.3 is 0 Å². The second-order valence-electron chi connectivity index (χ2n) is 4.38. The zero-order valence-corrected chi connectivity index (χ0v) is 10.5. The molecule has 2 aromatic carbocycles. The van der Waals surface area contributed by atoms with E-state index in [0.29, 0.717) is 6.07 Å². The molecule has 0 aliphatic heterocycles. The molecule has 1 atom stereocenters. The van der Waals surface area contributed by atoms with Gasteiger partial charge in [-0.1, -0.05) is 12.1 Å². The highest BCUT2D eigenvalue weighted by Crippen LogP contribution is 2.33. The minimum Gasteiger partial charge on any atom is -0.207 e. The average Bonchev–Trinajstić information content (AvgIpc) is 2.40. The lowest BCUT2D eigenvalue weighted by molar-refractivity contribution is -0.137. The molecule has 1 unspecified atom stereocenters. The van der Waals surface area contributed by atoms with E-state index in [1.807, 2.05) is 0 Å². The summed E-state index contributed by atoms with van der Waals surface area (Å²) in [7, 11) is 0. The molecule has 0 N–H and O–H groups in total. The number of benzene rings is 2. The SMILES string of the molecule is N#CC(c1ccc(F)cc1)c1cc(F)cc(C(F)(F)F)c1. The Hall–Kier alpha value is -2.42. The molecule has 0 bridgehead atoms. The quantitative estimate of drug-likeness (QED) is 0.741. The molecule has 108 valence electrons. The van der Waals surface area contributed by atoms with Crippen LogP contribution in [0.5, 0.6) is 0 Å². The molecule has 1 nitrogen and oxygen atoms in total. The van der Waals surface area contributed by atoms with Crippen molar-refractivity contribution in [3.05, 3.63) is 70.8 Å². The first-order chi connectivity index (χ1) is 9.81. The third-order valence-electron chi connectivity index (χ3n) is 2.91. The minimum atomic E-state index is -4.71. The van der Waals surface area contributed by atoms with E-state index >= 15 is 0 Å². The summed E-state index contributed by atoms with van der Waals surface area (Å²) in [6.07, 6.45) is -4.71. The third-order valence-corrected chi connectivity index (χ3v) is 2.91. The van der Waals surface area contributed by atoms with E-state index in [0.717, 1.165) is 24.3 Å². The zero-order chi connectivity index (χ0) is 15.6. The fraction of sp³-hybridized carbons (Fsp3) is 0.133. The number of nitrogens with zero attached hydrogens (tertiary/aromatic N) is 1. The van der Waals surface area contributed by atoms with Gasteiger partial charge in [-0.3, -0.25) is 0 Å². The van der Waals surface area contributed by atoms with Crippen molar-refractivity contribution in [2.75, 3.05) is 0 Å². The van der Waals surface area contributed by atoms with Crippen LogP contribution in [0.1, 0.15) is 22.6 Å². The summed E-state index contributed by atoms with van der Waals surface area (Å²) in [6, 6.07) is 8.49. The van der Waals surface area contributed by atoms with Gasteiger partial charge in [0.25, 0.3) is 0 Å². The summed E-state index contributed by atoms with van der Waals surface area (Å²) in [5.74, 6) is -2.73. The van der Waals surface area contributed by atoms with Crippen molar-refractivity contribution in [3.63, 3.8) is 0 Å². The monoisotopic (exact) mass is 297 g/mol. The molecule has 0 saturated heterocycles. The molecular weight excluding hydrogens is 289 g/mol. The smallest absolute Gasteiger partial charge is 0.207 e. The van der Waals surface area contributed by atoms with Crippen LogP contribution < -0.4 is 0 Å². The van der Waals surface area contributed by atoms with Crippen LogP contribution in [0.4, 0.5) is 22.0 Å². The van der Waals surface area contributed by atoms with E-state index in [-0.39, 0.29) is 11.1 Å². The molecule has 0 radical (unpaired) electrons. The van der Waals surface area contributed by atoms with Crippen LogP contribution in [0.3, 0.4) is 0 Å². The lowest BCUT2D eigenvalue weighted by Gasteiger charge is -2.13. The molecule has 0 fully saturated rings. The van der Waals surface area contributed by atoms with Crippen LogP contribution in [0.15, 0.2) is 42.5 Å². The van der Waals surface area contributed by atoms with Crippen LogP contribution >= 0.6 is 0 Å². The lowest BCUT2D eigenvalue weighted by Crippen LogP contribution is -2.08. The van der Waals surface area contributed by atoms with E-state index < -0.39 is 29.3 Å². The van der Waals surface area contributed by atoms with Crippen molar-refractivity contribution >= 4 is 0 Å². The van der Waals surface area contributed by atoms with Gasteiger partial charge in [-0.25, -0.2) is 8.78 Å². The van der Waals surface area contributed by atoms with Gasteiger partial charge in [0.2, 0.25) is 0 Å². The molecule has 0 amide bonds. The van der Waals surface area contributed by atoms with Crippen molar-refractivity contribution in [3.8, 4) is 6.07 Å². The van der Waals surface area contributed by atoms with Gasteiger partial charge in [-0.15, -0.1) is 0 Å². The van der Waals surface area contributed by atoms with E-state index in [9.17, 15) is 22.0 Å². The molecule has 0 heterocycles. The molecule has 0 spiro atoms. The summed E-state index contributed by atoms with van der Waals surface area (Å²) >= 11 is 0. The van der Waals surface area contributed by atoms with Crippen molar-refractivity contribution < 1.29 is 22.0 Å². The molecule has 0 saturated carbocycles. The standard InChI is InChI=1S/C15H8F5N/c16-12-3-1-9(2-4-12)14(8-21)10-5-11(15(18,19)20)7-13(17)6-10/h1-7,14H. The third kappa shape index (κ3) is 3.37. The van der Waals surface area contributed by atoms with Crippen LogP contribution in [0.2, 0.25) is 0 Å². The van der Waals surface area contributed by atoms with Gasteiger partial charge in [0.05, 0.1) is 17.6 Å². The molecule has 2 aromatic rings. The first kappa shape index (κ1) is 15.0. The van der Waals surface area contributed by atoms with E-state index in [1.165, 1.54) is 12.1 Å². The van der Waals surface area contributed by atoms with E-state index in [4.69, 9.17) is 5.26 Å². The first-order valence-corrected chi connectivity index (χ1v) is 5.84. The Kier molecular flexibility index (Phi) is 3.94. The average molecular weight is 297 g/mol. The van der Waals surface area contributed by atoms with Crippen molar-refractivity contribution in [1.29, 1.82) is 5.26 Å². The van der Waals surface area contributed by atoms with Crippen molar-refractivity contribution in [2.24, 2.45) is 0 Å². The number of hydrogen-bond donors (Lipinski definition) is 0. The number of rotatable bonds is 2. The lowest BCUT2D eigenvalue weighted by atomic mass is 9.91. The molecule has 2 rings (SSSR count). The van der Waals surface area contributed by atoms with Crippen LogP contribution in [0.25, 0.3) is 0 Å². The molecule has 6 heteroatoms. The Morgan fingerprint density at radius 3 is 2.00 bits per heavy atom. The highest BCUT2D eigenvalue weighted by atomic mass is 19.4. The van der Waals surface area contributed by atoms with Crippen molar-refractivity contribution in [1.82, 2.24) is 0 Å². The topological polar surface area (TPSA) is 23.8 Å². The fourth-order valence-electron chi connectivity index (χ4n) is 1.94. The maximum absolute atomic E-state index is 13.4. The maximum atomic E-state index is 13.4. The van der Waals surface area contributed by atoms with Gasteiger partial charge in [0, 0.05) is 0 Å². The fourth-order valence-corrected chi connectivity index (χ4v) is 1.94.